The SMILES string of the molecule is Cc1c(Cl)ccc2sc(NC(=O)c3ccn(C(C)C)n3)nc12. The van der Waals surface area contributed by atoms with Crippen molar-refractivity contribution < 1.29 is 4.79 Å². The second-order valence-corrected chi connectivity index (χ2v) is 6.70. The quantitative estimate of drug-likeness (QED) is 0.777. The van der Waals surface area contributed by atoms with E-state index in [1.807, 2.05) is 32.9 Å². The minimum Gasteiger partial charge on any atom is -0.296 e. The predicted molar refractivity (Wildman–Crippen MR) is 89.9 cm³/mol. The van der Waals surface area contributed by atoms with Gasteiger partial charge in [-0.1, -0.05) is 22.9 Å². The number of amides is 1. The van der Waals surface area contributed by atoms with Crippen molar-refractivity contribution >= 4 is 44.2 Å². The van der Waals surface area contributed by atoms with Gasteiger partial charge in [-0.2, -0.15) is 5.10 Å². The van der Waals surface area contributed by atoms with Gasteiger partial charge in [0.2, 0.25) is 0 Å². The summed E-state index contributed by atoms with van der Waals surface area (Å²) in [6.07, 6.45) is 1.79. The van der Waals surface area contributed by atoms with E-state index in [0.29, 0.717) is 15.8 Å². The first-order valence-corrected chi connectivity index (χ1v) is 8.07. The van der Waals surface area contributed by atoms with E-state index in [2.05, 4.69) is 15.4 Å². The topological polar surface area (TPSA) is 59.8 Å². The molecule has 0 aliphatic rings. The molecule has 0 radical (unpaired) electrons. The molecule has 3 rings (SSSR count). The molecule has 22 heavy (non-hydrogen) atoms. The number of hydrogen-bond donors (Lipinski definition) is 1. The van der Waals surface area contributed by atoms with Crippen LogP contribution in [0.25, 0.3) is 10.2 Å². The van der Waals surface area contributed by atoms with Crippen LogP contribution in [-0.2, 0) is 0 Å². The Morgan fingerprint density at radius 2 is 2.14 bits per heavy atom. The fraction of sp³-hybridized carbons (Fsp3) is 0.267. The van der Waals surface area contributed by atoms with Gasteiger partial charge in [0.25, 0.3) is 5.91 Å². The number of aryl methyl sites for hydroxylation is 1. The Labute approximate surface area is 136 Å². The normalized spacial score (nSPS) is 11.3. The minimum atomic E-state index is -0.262. The first-order chi connectivity index (χ1) is 10.5. The minimum absolute atomic E-state index is 0.216. The summed E-state index contributed by atoms with van der Waals surface area (Å²) in [5, 5.41) is 8.27. The molecule has 1 amide bonds. The van der Waals surface area contributed by atoms with Crippen LogP contribution in [0.4, 0.5) is 5.13 Å². The van der Waals surface area contributed by atoms with Crippen molar-refractivity contribution in [3.8, 4) is 0 Å². The van der Waals surface area contributed by atoms with E-state index in [9.17, 15) is 4.79 Å². The van der Waals surface area contributed by atoms with Crippen molar-refractivity contribution in [2.45, 2.75) is 26.8 Å². The largest absolute Gasteiger partial charge is 0.296 e. The highest BCUT2D eigenvalue weighted by atomic mass is 35.5. The molecule has 114 valence electrons. The van der Waals surface area contributed by atoms with Gasteiger partial charge in [-0.05, 0) is 44.5 Å². The van der Waals surface area contributed by atoms with E-state index in [4.69, 9.17) is 11.6 Å². The zero-order valence-electron chi connectivity index (χ0n) is 12.4. The van der Waals surface area contributed by atoms with Crippen LogP contribution in [0, 0.1) is 6.92 Å². The van der Waals surface area contributed by atoms with Crippen molar-refractivity contribution in [1.82, 2.24) is 14.8 Å². The van der Waals surface area contributed by atoms with E-state index in [1.165, 1.54) is 11.3 Å². The number of carbonyl (C=O) groups excluding carboxylic acids is 1. The van der Waals surface area contributed by atoms with E-state index >= 15 is 0 Å². The maximum Gasteiger partial charge on any atom is 0.277 e. The summed E-state index contributed by atoms with van der Waals surface area (Å²) in [4.78, 5) is 16.7. The zero-order chi connectivity index (χ0) is 15.9. The third kappa shape index (κ3) is 2.71. The number of carbonyl (C=O) groups is 1. The van der Waals surface area contributed by atoms with E-state index in [0.717, 1.165) is 15.8 Å². The maximum absolute atomic E-state index is 12.2. The summed E-state index contributed by atoms with van der Waals surface area (Å²) in [7, 11) is 0. The number of rotatable bonds is 3. The van der Waals surface area contributed by atoms with Crippen LogP contribution in [0.1, 0.15) is 35.9 Å². The maximum atomic E-state index is 12.2. The first kappa shape index (κ1) is 15.0. The number of aromatic nitrogens is 3. The van der Waals surface area contributed by atoms with Gasteiger partial charge in [-0.15, -0.1) is 0 Å². The van der Waals surface area contributed by atoms with Crippen LogP contribution in [0.3, 0.4) is 0 Å². The molecule has 1 aromatic carbocycles. The molecule has 2 heterocycles. The molecule has 0 aliphatic carbocycles. The second kappa shape index (κ2) is 5.70. The van der Waals surface area contributed by atoms with Gasteiger partial charge in [-0.25, -0.2) is 4.98 Å². The average Bonchev–Trinajstić information content (AvgIpc) is 3.09. The van der Waals surface area contributed by atoms with Crippen LogP contribution < -0.4 is 5.32 Å². The lowest BCUT2D eigenvalue weighted by atomic mass is 10.2. The Bertz CT molecular complexity index is 852. The van der Waals surface area contributed by atoms with Crippen molar-refractivity contribution in [3.05, 3.63) is 40.7 Å². The number of nitrogens with one attached hydrogen (secondary N) is 1. The molecule has 0 aliphatic heterocycles. The number of halogens is 1. The van der Waals surface area contributed by atoms with Gasteiger partial charge < -0.3 is 0 Å². The number of fused-ring (bicyclic) bond motifs is 1. The Hall–Kier alpha value is -1.92. The molecule has 0 bridgehead atoms. The Morgan fingerprint density at radius 3 is 2.82 bits per heavy atom. The smallest absolute Gasteiger partial charge is 0.277 e. The van der Waals surface area contributed by atoms with Gasteiger partial charge in [0.15, 0.2) is 10.8 Å². The lowest BCUT2D eigenvalue weighted by molar-refractivity contribution is 0.102. The molecule has 3 aromatic rings. The molecule has 7 heteroatoms. The highest BCUT2D eigenvalue weighted by Gasteiger charge is 2.14. The number of nitrogens with zero attached hydrogens (tertiary/aromatic N) is 3. The monoisotopic (exact) mass is 334 g/mol. The molecular weight excluding hydrogens is 320 g/mol. The summed E-state index contributed by atoms with van der Waals surface area (Å²) in [6.45, 7) is 5.93. The van der Waals surface area contributed by atoms with Gasteiger partial charge >= 0.3 is 0 Å². The van der Waals surface area contributed by atoms with Crippen LogP contribution in [-0.4, -0.2) is 20.7 Å². The Balaban J connectivity index is 1.86. The van der Waals surface area contributed by atoms with Crippen molar-refractivity contribution in [3.63, 3.8) is 0 Å². The van der Waals surface area contributed by atoms with Crippen LogP contribution in [0.15, 0.2) is 24.4 Å². The lowest BCUT2D eigenvalue weighted by Crippen LogP contribution is -2.13. The third-order valence-electron chi connectivity index (χ3n) is 3.34. The summed E-state index contributed by atoms with van der Waals surface area (Å²) in [6, 6.07) is 5.66. The number of benzene rings is 1. The molecular formula is C15H15ClN4OS. The van der Waals surface area contributed by atoms with Crippen LogP contribution in [0.5, 0.6) is 0 Å². The van der Waals surface area contributed by atoms with Crippen molar-refractivity contribution in [2.75, 3.05) is 5.32 Å². The van der Waals surface area contributed by atoms with Gasteiger partial charge in [0.05, 0.1) is 10.2 Å². The molecule has 1 N–H and O–H groups in total. The summed E-state index contributed by atoms with van der Waals surface area (Å²) in [5.41, 5.74) is 2.11. The summed E-state index contributed by atoms with van der Waals surface area (Å²) in [5.74, 6) is -0.262. The van der Waals surface area contributed by atoms with Crippen LogP contribution >= 0.6 is 22.9 Å². The molecule has 0 fully saturated rings. The number of anilines is 1. The Kier molecular flexibility index (Phi) is 3.88. The lowest BCUT2D eigenvalue weighted by Gasteiger charge is -2.03. The molecule has 0 spiro atoms. The zero-order valence-corrected chi connectivity index (χ0v) is 14.0. The average molecular weight is 335 g/mol. The van der Waals surface area contributed by atoms with Crippen LogP contribution in [0.2, 0.25) is 5.02 Å². The van der Waals surface area contributed by atoms with E-state index in [-0.39, 0.29) is 11.9 Å². The van der Waals surface area contributed by atoms with Gasteiger partial charge in [0.1, 0.15) is 0 Å². The fourth-order valence-electron chi connectivity index (χ4n) is 2.06. The van der Waals surface area contributed by atoms with Gasteiger partial charge in [0, 0.05) is 17.3 Å². The number of thiazole rings is 1. The van der Waals surface area contributed by atoms with Gasteiger partial charge in [-0.3, -0.25) is 14.8 Å². The summed E-state index contributed by atoms with van der Waals surface area (Å²) < 4.78 is 2.74. The fourth-order valence-corrected chi connectivity index (χ4v) is 3.13. The molecule has 5 nitrogen and oxygen atoms in total. The molecule has 0 saturated carbocycles. The Morgan fingerprint density at radius 1 is 1.36 bits per heavy atom. The predicted octanol–water partition coefficient (Wildman–Crippen LogP) is 4.29. The number of hydrogen-bond acceptors (Lipinski definition) is 4. The first-order valence-electron chi connectivity index (χ1n) is 6.88. The molecule has 0 saturated heterocycles. The van der Waals surface area contributed by atoms with Crippen molar-refractivity contribution in [1.29, 1.82) is 0 Å². The summed E-state index contributed by atoms with van der Waals surface area (Å²) >= 11 is 7.52. The van der Waals surface area contributed by atoms with E-state index < -0.39 is 0 Å². The molecule has 2 aromatic heterocycles. The molecule has 0 unspecified atom stereocenters. The van der Waals surface area contributed by atoms with E-state index in [1.54, 1.807) is 16.9 Å². The third-order valence-corrected chi connectivity index (χ3v) is 4.68. The standard InChI is InChI=1S/C15H15ClN4OS/c1-8(2)20-7-6-11(19-20)14(21)18-15-17-13-9(3)10(16)4-5-12(13)22-15/h4-8H,1-3H3,(H,17,18,21). The highest BCUT2D eigenvalue weighted by molar-refractivity contribution is 7.22. The highest BCUT2D eigenvalue weighted by Crippen LogP contribution is 2.31. The molecule has 0 atom stereocenters. The second-order valence-electron chi connectivity index (χ2n) is 5.27. The van der Waals surface area contributed by atoms with Crippen molar-refractivity contribution in [2.24, 2.45) is 0 Å².